The number of hydrogen-bond donors (Lipinski definition) is 3. The zero-order valence-electron chi connectivity index (χ0n) is 16.3. The van der Waals surface area contributed by atoms with E-state index >= 15 is 0 Å². The van der Waals surface area contributed by atoms with Gasteiger partial charge >= 0.3 is 6.09 Å². The number of carbonyl (C=O) groups excluding carboxylic acids is 3. The van der Waals surface area contributed by atoms with Gasteiger partial charge in [-0.1, -0.05) is 25.3 Å². The highest BCUT2D eigenvalue weighted by Gasteiger charge is 2.21. The number of anilines is 2. The molecule has 0 spiro atoms. The van der Waals surface area contributed by atoms with E-state index in [4.69, 9.17) is 4.74 Å². The van der Waals surface area contributed by atoms with E-state index in [-0.39, 0.29) is 24.3 Å². The number of ether oxygens (including phenoxy) is 1. The number of nitrogens with one attached hydrogen (secondary N) is 3. The molecule has 27 heavy (non-hydrogen) atoms. The SMILES string of the molecule is CC(C)(C)OC(=O)NCC(=O)Nc1cccc(NC(=O)C2CCCCC2)c1. The molecular formula is C20H29N3O4. The lowest BCUT2D eigenvalue weighted by Crippen LogP contribution is -2.37. The van der Waals surface area contributed by atoms with E-state index < -0.39 is 11.7 Å². The van der Waals surface area contributed by atoms with Gasteiger partial charge in [0.15, 0.2) is 0 Å². The number of hydrogen-bond acceptors (Lipinski definition) is 4. The largest absolute Gasteiger partial charge is 0.444 e. The molecule has 0 radical (unpaired) electrons. The van der Waals surface area contributed by atoms with Crippen LogP contribution < -0.4 is 16.0 Å². The maximum atomic E-state index is 12.3. The molecule has 1 fully saturated rings. The Hall–Kier alpha value is -2.57. The van der Waals surface area contributed by atoms with Gasteiger partial charge in [0, 0.05) is 17.3 Å². The third-order valence-electron chi connectivity index (χ3n) is 4.18. The summed E-state index contributed by atoms with van der Waals surface area (Å²) in [5.41, 5.74) is 0.571. The molecule has 1 saturated carbocycles. The molecule has 1 aliphatic rings. The Bertz CT molecular complexity index is 676. The van der Waals surface area contributed by atoms with Crippen molar-refractivity contribution in [2.24, 2.45) is 5.92 Å². The Morgan fingerprint density at radius 3 is 2.30 bits per heavy atom. The van der Waals surface area contributed by atoms with Gasteiger partial charge in [0.2, 0.25) is 11.8 Å². The summed E-state index contributed by atoms with van der Waals surface area (Å²) in [6, 6.07) is 6.97. The Morgan fingerprint density at radius 1 is 1.04 bits per heavy atom. The summed E-state index contributed by atoms with van der Waals surface area (Å²) in [7, 11) is 0. The summed E-state index contributed by atoms with van der Waals surface area (Å²) < 4.78 is 5.08. The molecule has 0 aliphatic heterocycles. The van der Waals surface area contributed by atoms with Crippen LogP contribution in [0.3, 0.4) is 0 Å². The molecule has 0 bridgehead atoms. The van der Waals surface area contributed by atoms with Crippen molar-refractivity contribution in [2.45, 2.75) is 58.5 Å². The van der Waals surface area contributed by atoms with Crippen molar-refractivity contribution in [3.8, 4) is 0 Å². The highest BCUT2D eigenvalue weighted by Crippen LogP contribution is 2.25. The fraction of sp³-hybridized carbons (Fsp3) is 0.550. The Labute approximate surface area is 160 Å². The number of rotatable bonds is 5. The van der Waals surface area contributed by atoms with E-state index in [1.54, 1.807) is 45.0 Å². The summed E-state index contributed by atoms with van der Waals surface area (Å²) in [5, 5.41) is 8.02. The minimum absolute atomic E-state index is 0.0322. The molecule has 3 N–H and O–H groups in total. The topological polar surface area (TPSA) is 96.5 Å². The first-order valence-electron chi connectivity index (χ1n) is 9.40. The molecule has 7 heteroatoms. The standard InChI is InChI=1S/C20H29N3O4/c1-20(2,3)27-19(26)21-13-17(24)22-15-10-7-11-16(12-15)23-18(25)14-8-5-4-6-9-14/h7,10-12,14H,4-6,8-9,13H2,1-3H3,(H,21,26)(H,22,24)(H,23,25). The molecule has 0 heterocycles. The summed E-state index contributed by atoms with van der Waals surface area (Å²) in [5.74, 6) is -0.281. The Balaban J connectivity index is 1.83. The van der Waals surface area contributed by atoms with Crippen LogP contribution in [0.4, 0.5) is 16.2 Å². The second-order valence-corrected chi connectivity index (χ2v) is 7.81. The van der Waals surface area contributed by atoms with Crippen molar-refractivity contribution in [1.29, 1.82) is 0 Å². The minimum Gasteiger partial charge on any atom is -0.444 e. The smallest absolute Gasteiger partial charge is 0.408 e. The second-order valence-electron chi connectivity index (χ2n) is 7.81. The maximum absolute atomic E-state index is 12.3. The summed E-state index contributed by atoms with van der Waals surface area (Å²) in [6.07, 6.45) is 4.60. The molecule has 3 amide bonds. The van der Waals surface area contributed by atoms with Crippen LogP contribution in [0.1, 0.15) is 52.9 Å². The number of benzene rings is 1. The van der Waals surface area contributed by atoms with Crippen LogP contribution in [-0.2, 0) is 14.3 Å². The predicted molar refractivity (Wildman–Crippen MR) is 105 cm³/mol. The van der Waals surface area contributed by atoms with Gasteiger partial charge in [0.25, 0.3) is 0 Å². The van der Waals surface area contributed by atoms with Crippen LogP contribution in [0.15, 0.2) is 24.3 Å². The molecule has 1 aromatic rings. The molecule has 0 aromatic heterocycles. The number of amides is 3. The van der Waals surface area contributed by atoms with Crippen molar-refractivity contribution in [1.82, 2.24) is 5.32 Å². The van der Waals surface area contributed by atoms with Crippen molar-refractivity contribution in [2.75, 3.05) is 17.2 Å². The highest BCUT2D eigenvalue weighted by molar-refractivity contribution is 5.96. The first-order chi connectivity index (χ1) is 12.7. The lowest BCUT2D eigenvalue weighted by molar-refractivity contribution is -0.120. The molecule has 0 unspecified atom stereocenters. The third kappa shape index (κ3) is 7.68. The quantitative estimate of drug-likeness (QED) is 0.731. The summed E-state index contributed by atoms with van der Waals surface area (Å²) in [6.45, 7) is 5.05. The summed E-state index contributed by atoms with van der Waals surface area (Å²) in [4.78, 5) is 35.9. The zero-order chi connectivity index (χ0) is 19.9. The average molecular weight is 375 g/mol. The Kier molecular flexibility index (Phi) is 7.21. The lowest BCUT2D eigenvalue weighted by atomic mass is 9.88. The van der Waals surface area contributed by atoms with Gasteiger partial charge in [-0.15, -0.1) is 0 Å². The molecule has 0 saturated heterocycles. The number of carbonyl (C=O) groups is 3. The van der Waals surface area contributed by atoms with Gasteiger partial charge in [-0.3, -0.25) is 9.59 Å². The van der Waals surface area contributed by atoms with E-state index in [9.17, 15) is 14.4 Å². The normalized spacial score (nSPS) is 14.9. The van der Waals surface area contributed by atoms with E-state index in [1.807, 2.05) is 0 Å². The fourth-order valence-corrected chi connectivity index (χ4v) is 2.96. The molecular weight excluding hydrogens is 346 g/mol. The van der Waals surface area contributed by atoms with Gasteiger partial charge in [-0.2, -0.15) is 0 Å². The number of alkyl carbamates (subject to hydrolysis) is 1. The van der Waals surface area contributed by atoms with Crippen LogP contribution in [0.5, 0.6) is 0 Å². The molecule has 2 rings (SSSR count). The van der Waals surface area contributed by atoms with E-state index in [0.717, 1.165) is 25.7 Å². The third-order valence-corrected chi connectivity index (χ3v) is 4.18. The molecule has 7 nitrogen and oxygen atoms in total. The summed E-state index contributed by atoms with van der Waals surface area (Å²) >= 11 is 0. The van der Waals surface area contributed by atoms with Gasteiger partial charge < -0.3 is 20.7 Å². The molecule has 148 valence electrons. The lowest BCUT2D eigenvalue weighted by Gasteiger charge is -2.21. The van der Waals surface area contributed by atoms with Gasteiger partial charge in [0.05, 0.1) is 0 Å². The second kappa shape index (κ2) is 9.39. The fourth-order valence-electron chi connectivity index (χ4n) is 2.96. The van der Waals surface area contributed by atoms with E-state index in [2.05, 4.69) is 16.0 Å². The highest BCUT2D eigenvalue weighted by atomic mass is 16.6. The van der Waals surface area contributed by atoms with Crippen molar-refractivity contribution < 1.29 is 19.1 Å². The van der Waals surface area contributed by atoms with Crippen molar-refractivity contribution >= 4 is 29.3 Å². The maximum Gasteiger partial charge on any atom is 0.408 e. The molecule has 0 atom stereocenters. The van der Waals surface area contributed by atoms with Crippen LogP contribution in [0.25, 0.3) is 0 Å². The van der Waals surface area contributed by atoms with Gasteiger partial charge in [-0.25, -0.2) is 4.79 Å². The zero-order valence-corrected chi connectivity index (χ0v) is 16.3. The molecule has 1 aromatic carbocycles. The van der Waals surface area contributed by atoms with Crippen molar-refractivity contribution in [3.05, 3.63) is 24.3 Å². The van der Waals surface area contributed by atoms with Gasteiger partial charge in [0.1, 0.15) is 12.1 Å². The molecule has 1 aliphatic carbocycles. The first-order valence-corrected chi connectivity index (χ1v) is 9.40. The van der Waals surface area contributed by atoms with Crippen LogP contribution in [0.2, 0.25) is 0 Å². The van der Waals surface area contributed by atoms with Crippen molar-refractivity contribution in [3.63, 3.8) is 0 Å². The predicted octanol–water partition coefficient (Wildman–Crippen LogP) is 3.67. The van der Waals surface area contributed by atoms with E-state index in [1.165, 1.54) is 6.42 Å². The first kappa shape index (κ1) is 20.7. The monoisotopic (exact) mass is 375 g/mol. The van der Waals surface area contributed by atoms with Crippen LogP contribution in [0, 0.1) is 5.92 Å². The Morgan fingerprint density at radius 2 is 1.67 bits per heavy atom. The van der Waals surface area contributed by atoms with E-state index in [0.29, 0.717) is 11.4 Å². The van der Waals surface area contributed by atoms with Crippen LogP contribution >= 0.6 is 0 Å². The van der Waals surface area contributed by atoms with Crippen LogP contribution in [-0.4, -0.2) is 30.1 Å². The minimum atomic E-state index is -0.647. The average Bonchev–Trinajstić information content (AvgIpc) is 2.59. The van der Waals surface area contributed by atoms with Gasteiger partial charge in [-0.05, 0) is 51.8 Å².